The van der Waals surface area contributed by atoms with E-state index in [-0.39, 0.29) is 15.5 Å². The SMILES string of the molecule is NS(=O)(=O)c1ccccc1NS(=O)(=O)c1cccnc1. The van der Waals surface area contributed by atoms with Crippen LogP contribution < -0.4 is 9.86 Å². The summed E-state index contributed by atoms with van der Waals surface area (Å²) in [6.45, 7) is 0. The number of anilines is 1. The molecule has 3 N–H and O–H groups in total. The smallest absolute Gasteiger partial charge is 0.263 e. The number of rotatable bonds is 4. The second-order valence-corrected chi connectivity index (χ2v) is 7.05. The Morgan fingerprint density at radius 1 is 1.00 bits per heavy atom. The maximum Gasteiger partial charge on any atom is 0.263 e. The molecule has 1 aromatic carbocycles. The van der Waals surface area contributed by atoms with Crippen molar-refractivity contribution in [3.63, 3.8) is 0 Å². The number of hydrogen-bond donors (Lipinski definition) is 2. The number of primary sulfonamides is 1. The standard InChI is InChI=1S/C11H11N3O4S2/c12-19(15,16)11-6-2-1-5-10(11)14-20(17,18)9-4-3-7-13-8-9/h1-8,14H,(H2,12,15,16). The van der Waals surface area contributed by atoms with Gasteiger partial charge < -0.3 is 0 Å². The van der Waals surface area contributed by atoms with Gasteiger partial charge in [0.1, 0.15) is 9.79 Å². The highest BCUT2D eigenvalue weighted by molar-refractivity contribution is 7.93. The number of benzene rings is 1. The largest absolute Gasteiger partial charge is 0.278 e. The number of hydrogen-bond acceptors (Lipinski definition) is 5. The van der Waals surface area contributed by atoms with Gasteiger partial charge in [0.15, 0.2) is 0 Å². The van der Waals surface area contributed by atoms with Crippen LogP contribution in [0, 0.1) is 0 Å². The minimum Gasteiger partial charge on any atom is -0.278 e. The van der Waals surface area contributed by atoms with Gasteiger partial charge in [-0.2, -0.15) is 0 Å². The van der Waals surface area contributed by atoms with Crippen LogP contribution in [0.25, 0.3) is 0 Å². The summed E-state index contributed by atoms with van der Waals surface area (Å²) in [5, 5.41) is 5.04. The van der Waals surface area contributed by atoms with Gasteiger partial charge in [0.25, 0.3) is 10.0 Å². The van der Waals surface area contributed by atoms with Gasteiger partial charge in [-0.1, -0.05) is 12.1 Å². The van der Waals surface area contributed by atoms with E-state index in [1.165, 1.54) is 42.6 Å². The molecule has 0 bridgehead atoms. The van der Waals surface area contributed by atoms with Gasteiger partial charge in [-0.25, -0.2) is 22.0 Å². The summed E-state index contributed by atoms with van der Waals surface area (Å²) in [5.41, 5.74) is -0.112. The van der Waals surface area contributed by atoms with E-state index in [1.807, 2.05) is 0 Å². The number of nitrogens with two attached hydrogens (primary N) is 1. The number of nitrogens with zero attached hydrogens (tertiary/aromatic N) is 1. The Morgan fingerprint density at radius 2 is 1.70 bits per heavy atom. The predicted octanol–water partition coefficient (Wildman–Crippen LogP) is 0.530. The van der Waals surface area contributed by atoms with Gasteiger partial charge in [0.2, 0.25) is 10.0 Å². The molecule has 9 heteroatoms. The lowest BCUT2D eigenvalue weighted by molar-refractivity contribution is 0.598. The molecule has 0 fully saturated rings. The van der Waals surface area contributed by atoms with E-state index < -0.39 is 20.0 Å². The molecule has 0 unspecified atom stereocenters. The van der Waals surface area contributed by atoms with Gasteiger partial charge in [0.05, 0.1) is 5.69 Å². The summed E-state index contributed by atoms with van der Waals surface area (Å²) in [6, 6.07) is 8.27. The summed E-state index contributed by atoms with van der Waals surface area (Å²) in [7, 11) is -7.96. The first-order chi connectivity index (χ1) is 9.31. The molecule has 2 aromatic rings. The molecule has 0 saturated carbocycles. The average molecular weight is 313 g/mol. The second kappa shape index (κ2) is 5.19. The van der Waals surface area contributed by atoms with Crippen LogP contribution in [0.2, 0.25) is 0 Å². The molecule has 0 aliphatic rings. The number of pyridine rings is 1. The second-order valence-electron chi connectivity index (χ2n) is 3.84. The summed E-state index contributed by atoms with van der Waals surface area (Å²) >= 11 is 0. The quantitative estimate of drug-likeness (QED) is 0.853. The van der Waals surface area contributed by atoms with Crippen LogP contribution >= 0.6 is 0 Å². The van der Waals surface area contributed by atoms with E-state index >= 15 is 0 Å². The van der Waals surface area contributed by atoms with Gasteiger partial charge in [0, 0.05) is 12.4 Å². The first-order valence-electron chi connectivity index (χ1n) is 5.35. The Morgan fingerprint density at radius 3 is 2.30 bits per heavy atom. The van der Waals surface area contributed by atoms with E-state index in [4.69, 9.17) is 5.14 Å². The Kier molecular flexibility index (Phi) is 3.75. The molecule has 20 heavy (non-hydrogen) atoms. The summed E-state index contributed by atoms with van der Waals surface area (Å²) in [5.74, 6) is 0. The van der Waals surface area contributed by atoms with Gasteiger partial charge in [-0.05, 0) is 24.3 Å². The van der Waals surface area contributed by atoms with Crippen molar-refractivity contribution in [3.05, 3.63) is 48.8 Å². The zero-order chi connectivity index (χ0) is 14.8. The number of nitrogens with one attached hydrogen (secondary N) is 1. The van der Waals surface area contributed by atoms with Crippen LogP contribution in [-0.4, -0.2) is 21.8 Å². The van der Waals surface area contributed by atoms with Crippen molar-refractivity contribution in [2.24, 2.45) is 5.14 Å². The number of sulfonamides is 2. The molecule has 1 heterocycles. The van der Waals surface area contributed by atoms with Crippen LogP contribution in [0.1, 0.15) is 0 Å². The van der Waals surface area contributed by atoms with Gasteiger partial charge in [-0.3, -0.25) is 9.71 Å². The van der Waals surface area contributed by atoms with Gasteiger partial charge >= 0.3 is 0 Å². The molecular weight excluding hydrogens is 302 g/mol. The minimum atomic E-state index is -4.03. The molecule has 0 amide bonds. The maximum atomic E-state index is 12.1. The third-order valence-corrected chi connectivity index (χ3v) is 4.70. The fraction of sp³-hybridized carbons (Fsp3) is 0. The van der Waals surface area contributed by atoms with E-state index in [9.17, 15) is 16.8 Å². The van der Waals surface area contributed by atoms with Crippen molar-refractivity contribution < 1.29 is 16.8 Å². The molecule has 106 valence electrons. The van der Waals surface area contributed by atoms with Crippen LogP contribution in [0.4, 0.5) is 5.69 Å². The highest BCUT2D eigenvalue weighted by atomic mass is 32.2. The van der Waals surface area contributed by atoms with Crippen molar-refractivity contribution in [2.75, 3.05) is 4.72 Å². The molecule has 0 aliphatic heterocycles. The molecule has 2 rings (SSSR count). The Labute approximate surface area is 116 Å². The average Bonchev–Trinajstić information content (AvgIpc) is 2.39. The maximum absolute atomic E-state index is 12.1. The van der Waals surface area contributed by atoms with Crippen molar-refractivity contribution in [1.82, 2.24) is 4.98 Å². The zero-order valence-electron chi connectivity index (χ0n) is 10.1. The molecule has 0 atom stereocenters. The Balaban J connectivity index is 2.46. The Bertz CT molecular complexity index is 818. The lowest BCUT2D eigenvalue weighted by atomic mass is 10.3. The van der Waals surface area contributed by atoms with Crippen LogP contribution in [0.5, 0.6) is 0 Å². The van der Waals surface area contributed by atoms with Crippen molar-refractivity contribution >= 4 is 25.7 Å². The highest BCUT2D eigenvalue weighted by Gasteiger charge is 2.19. The van der Waals surface area contributed by atoms with E-state index in [0.717, 1.165) is 6.20 Å². The monoisotopic (exact) mass is 313 g/mol. The molecule has 0 radical (unpaired) electrons. The molecule has 0 aliphatic carbocycles. The third kappa shape index (κ3) is 3.13. The first-order valence-corrected chi connectivity index (χ1v) is 8.38. The molecule has 0 spiro atoms. The summed E-state index contributed by atoms with van der Waals surface area (Å²) in [6.07, 6.45) is 2.58. The molecular formula is C11H11N3O4S2. The number of aromatic nitrogens is 1. The Hall–Kier alpha value is -1.97. The van der Waals surface area contributed by atoms with Crippen LogP contribution in [0.3, 0.4) is 0 Å². The van der Waals surface area contributed by atoms with Crippen molar-refractivity contribution in [1.29, 1.82) is 0 Å². The highest BCUT2D eigenvalue weighted by Crippen LogP contribution is 2.22. The minimum absolute atomic E-state index is 0.0794. The summed E-state index contributed by atoms with van der Waals surface area (Å²) < 4.78 is 49.2. The zero-order valence-corrected chi connectivity index (χ0v) is 11.7. The van der Waals surface area contributed by atoms with Crippen LogP contribution in [-0.2, 0) is 20.0 Å². The molecule has 0 saturated heterocycles. The fourth-order valence-electron chi connectivity index (χ4n) is 1.51. The third-order valence-electron chi connectivity index (χ3n) is 2.38. The lowest BCUT2D eigenvalue weighted by Crippen LogP contribution is -2.18. The molecule has 1 aromatic heterocycles. The number of para-hydroxylation sites is 1. The van der Waals surface area contributed by atoms with Crippen molar-refractivity contribution in [2.45, 2.75) is 9.79 Å². The fourth-order valence-corrected chi connectivity index (χ4v) is 3.31. The van der Waals surface area contributed by atoms with Crippen LogP contribution in [0.15, 0.2) is 58.6 Å². The van der Waals surface area contributed by atoms with Crippen molar-refractivity contribution in [3.8, 4) is 0 Å². The lowest BCUT2D eigenvalue weighted by Gasteiger charge is -2.10. The van der Waals surface area contributed by atoms with E-state index in [0.29, 0.717) is 0 Å². The van der Waals surface area contributed by atoms with E-state index in [1.54, 1.807) is 0 Å². The van der Waals surface area contributed by atoms with Gasteiger partial charge in [-0.15, -0.1) is 0 Å². The first kappa shape index (κ1) is 14.4. The summed E-state index contributed by atoms with van der Waals surface area (Å²) in [4.78, 5) is 3.32. The topological polar surface area (TPSA) is 119 Å². The predicted molar refractivity (Wildman–Crippen MR) is 72.9 cm³/mol. The normalized spacial score (nSPS) is 12.1. The molecule has 7 nitrogen and oxygen atoms in total. The van der Waals surface area contributed by atoms with E-state index in [2.05, 4.69) is 9.71 Å².